The van der Waals surface area contributed by atoms with E-state index in [0.717, 1.165) is 31.6 Å². The van der Waals surface area contributed by atoms with Gasteiger partial charge in [0, 0.05) is 12.3 Å². The molecule has 84 valence electrons. The predicted octanol–water partition coefficient (Wildman–Crippen LogP) is 3.52. The summed E-state index contributed by atoms with van der Waals surface area (Å²) in [4.78, 5) is 11.0. The summed E-state index contributed by atoms with van der Waals surface area (Å²) in [5.74, 6) is 0.697. The van der Waals surface area contributed by atoms with Crippen LogP contribution >= 0.6 is 11.6 Å². The van der Waals surface area contributed by atoms with Gasteiger partial charge in [0.1, 0.15) is 0 Å². The van der Waals surface area contributed by atoms with Crippen molar-refractivity contribution in [2.24, 2.45) is 0 Å². The van der Waals surface area contributed by atoms with Gasteiger partial charge < -0.3 is 4.74 Å². The minimum atomic E-state index is -0.0517. The monoisotopic (exact) mass is 220 g/mol. The molecule has 0 aliphatic carbocycles. The lowest BCUT2D eigenvalue weighted by molar-refractivity contribution is -0.143. The minimum Gasteiger partial charge on any atom is -0.466 e. The number of unbranched alkanes of at least 4 members (excludes halogenated alkanes) is 4. The first-order valence-electron chi connectivity index (χ1n) is 5.52. The van der Waals surface area contributed by atoms with Crippen LogP contribution in [0.1, 0.15) is 51.9 Å². The molecule has 0 N–H and O–H groups in total. The molecule has 14 heavy (non-hydrogen) atoms. The SMILES string of the molecule is CCCOC(=O)CCCCCCCCl. The van der Waals surface area contributed by atoms with Crippen molar-refractivity contribution in [3.63, 3.8) is 0 Å². The van der Waals surface area contributed by atoms with Crippen LogP contribution in [0, 0.1) is 0 Å². The van der Waals surface area contributed by atoms with Gasteiger partial charge in [-0.15, -0.1) is 11.6 Å². The van der Waals surface area contributed by atoms with Gasteiger partial charge in [-0.1, -0.05) is 26.2 Å². The van der Waals surface area contributed by atoms with E-state index in [1.807, 2.05) is 6.92 Å². The molecule has 0 atom stereocenters. The molecule has 0 aliphatic heterocycles. The Bertz CT molecular complexity index is 137. The van der Waals surface area contributed by atoms with Crippen LogP contribution < -0.4 is 0 Å². The van der Waals surface area contributed by atoms with Gasteiger partial charge in [-0.05, 0) is 19.3 Å². The molecule has 0 bridgehead atoms. The molecule has 0 saturated heterocycles. The highest BCUT2D eigenvalue weighted by Gasteiger charge is 2.00. The normalized spacial score (nSPS) is 10.1. The average Bonchev–Trinajstić information content (AvgIpc) is 2.20. The first kappa shape index (κ1) is 13.8. The molecule has 0 rings (SSSR count). The van der Waals surface area contributed by atoms with Crippen molar-refractivity contribution in [2.75, 3.05) is 12.5 Å². The summed E-state index contributed by atoms with van der Waals surface area (Å²) in [6, 6.07) is 0. The topological polar surface area (TPSA) is 26.3 Å². The second-order valence-corrected chi connectivity index (χ2v) is 3.81. The first-order valence-corrected chi connectivity index (χ1v) is 6.06. The van der Waals surface area contributed by atoms with Crippen molar-refractivity contribution in [1.82, 2.24) is 0 Å². The molecule has 0 spiro atoms. The van der Waals surface area contributed by atoms with Crippen LogP contribution in [0.5, 0.6) is 0 Å². The number of carbonyl (C=O) groups excluding carboxylic acids is 1. The van der Waals surface area contributed by atoms with Crippen LogP contribution in [0.4, 0.5) is 0 Å². The van der Waals surface area contributed by atoms with Crippen molar-refractivity contribution < 1.29 is 9.53 Å². The Morgan fingerprint density at radius 3 is 2.43 bits per heavy atom. The Morgan fingerprint density at radius 2 is 1.79 bits per heavy atom. The highest BCUT2D eigenvalue weighted by molar-refractivity contribution is 6.17. The Morgan fingerprint density at radius 1 is 1.14 bits per heavy atom. The molecule has 0 aliphatic rings. The van der Waals surface area contributed by atoms with Crippen molar-refractivity contribution in [3.8, 4) is 0 Å². The third kappa shape index (κ3) is 9.85. The largest absolute Gasteiger partial charge is 0.466 e. The Kier molecular flexibility index (Phi) is 10.7. The Hall–Kier alpha value is -0.240. The number of alkyl halides is 1. The molecule has 0 fully saturated rings. The number of hydrogen-bond acceptors (Lipinski definition) is 2. The van der Waals surface area contributed by atoms with Gasteiger partial charge in [0.15, 0.2) is 0 Å². The molecule has 0 aromatic heterocycles. The lowest BCUT2D eigenvalue weighted by Gasteiger charge is -2.02. The molecule has 0 aromatic rings. The number of ether oxygens (including phenoxy) is 1. The van der Waals surface area contributed by atoms with E-state index >= 15 is 0 Å². The van der Waals surface area contributed by atoms with E-state index in [2.05, 4.69) is 0 Å². The summed E-state index contributed by atoms with van der Waals surface area (Å²) in [6.45, 7) is 2.56. The van der Waals surface area contributed by atoms with E-state index in [9.17, 15) is 4.79 Å². The van der Waals surface area contributed by atoms with Crippen LogP contribution in [0.2, 0.25) is 0 Å². The van der Waals surface area contributed by atoms with Crippen LogP contribution in [0.25, 0.3) is 0 Å². The predicted molar refractivity (Wildman–Crippen MR) is 59.7 cm³/mol. The third-order valence-corrected chi connectivity index (χ3v) is 2.25. The van der Waals surface area contributed by atoms with Crippen molar-refractivity contribution in [2.45, 2.75) is 51.9 Å². The van der Waals surface area contributed by atoms with Crippen LogP contribution in [0.3, 0.4) is 0 Å². The quantitative estimate of drug-likeness (QED) is 0.338. The van der Waals surface area contributed by atoms with Crippen LogP contribution in [0.15, 0.2) is 0 Å². The van der Waals surface area contributed by atoms with E-state index in [1.54, 1.807) is 0 Å². The van der Waals surface area contributed by atoms with Gasteiger partial charge in [-0.2, -0.15) is 0 Å². The molecule has 2 nitrogen and oxygen atoms in total. The number of halogens is 1. The van der Waals surface area contributed by atoms with Crippen LogP contribution in [-0.2, 0) is 9.53 Å². The lowest BCUT2D eigenvalue weighted by atomic mass is 10.1. The molecular formula is C11H21ClO2. The van der Waals surface area contributed by atoms with Gasteiger partial charge in [-0.3, -0.25) is 4.79 Å². The second kappa shape index (κ2) is 10.8. The van der Waals surface area contributed by atoms with E-state index in [-0.39, 0.29) is 5.97 Å². The molecule has 0 radical (unpaired) electrons. The maximum absolute atomic E-state index is 11.0. The summed E-state index contributed by atoms with van der Waals surface area (Å²) >= 11 is 5.55. The summed E-state index contributed by atoms with van der Waals surface area (Å²) in [7, 11) is 0. The highest BCUT2D eigenvalue weighted by atomic mass is 35.5. The van der Waals surface area contributed by atoms with Crippen molar-refractivity contribution in [1.29, 1.82) is 0 Å². The number of rotatable bonds is 9. The number of esters is 1. The van der Waals surface area contributed by atoms with Gasteiger partial charge in [0.2, 0.25) is 0 Å². The highest BCUT2D eigenvalue weighted by Crippen LogP contribution is 2.06. The van der Waals surface area contributed by atoms with E-state index in [1.165, 1.54) is 12.8 Å². The molecule has 3 heteroatoms. The lowest BCUT2D eigenvalue weighted by Crippen LogP contribution is -2.04. The second-order valence-electron chi connectivity index (χ2n) is 3.43. The van der Waals surface area contributed by atoms with Gasteiger partial charge in [0.05, 0.1) is 6.61 Å². The van der Waals surface area contributed by atoms with Crippen LogP contribution in [-0.4, -0.2) is 18.5 Å². The summed E-state index contributed by atoms with van der Waals surface area (Å²) in [5.41, 5.74) is 0. The maximum Gasteiger partial charge on any atom is 0.305 e. The van der Waals surface area contributed by atoms with E-state index < -0.39 is 0 Å². The fourth-order valence-electron chi connectivity index (χ4n) is 1.18. The van der Waals surface area contributed by atoms with E-state index in [4.69, 9.17) is 16.3 Å². The summed E-state index contributed by atoms with van der Waals surface area (Å²) in [6.07, 6.45) is 6.97. The summed E-state index contributed by atoms with van der Waals surface area (Å²) in [5, 5.41) is 0. The molecule has 0 unspecified atom stereocenters. The van der Waals surface area contributed by atoms with Crippen molar-refractivity contribution in [3.05, 3.63) is 0 Å². The third-order valence-electron chi connectivity index (χ3n) is 1.98. The van der Waals surface area contributed by atoms with E-state index in [0.29, 0.717) is 13.0 Å². The molecule has 0 saturated carbocycles. The standard InChI is InChI=1S/C11H21ClO2/c1-2-10-14-11(13)8-6-4-3-5-7-9-12/h2-10H2,1H3. The fourth-order valence-corrected chi connectivity index (χ4v) is 1.37. The fraction of sp³-hybridized carbons (Fsp3) is 0.909. The Labute approximate surface area is 92.0 Å². The van der Waals surface area contributed by atoms with Crippen molar-refractivity contribution >= 4 is 17.6 Å². The summed E-state index contributed by atoms with van der Waals surface area (Å²) < 4.78 is 4.96. The number of carbonyl (C=O) groups is 1. The molecule has 0 amide bonds. The number of hydrogen-bond donors (Lipinski definition) is 0. The van der Waals surface area contributed by atoms with Gasteiger partial charge >= 0.3 is 5.97 Å². The minimum absolute atomic E-state index is 0.0517. The molecular weight excluding hydrogens is 200 g/mol. The molecule has 0 aromatic carbocycles. The smallest absolute Gasteiger partial charge is 0.305 e. The zero-order valence-corrected chi connectivity index (χ0v) is 9.81. The maximum atomic E-state index is 11.0. The van der Waals surface area contributed by atoms with Gasteiger partial charge in [0.25, 0.3) is 0 Å². The van der Waals surface area contributed by atoms with Gasteiger partial charge in [-0.25, -0.2) is 0 Å². The molecule has 0 heterocycles. The average molecular weight is 221 g/mol. The first-order chi connectivity index (χ1) is 6.81. The zero-order chi connectivity index (χ0) is 10.6. The Balaban J connectivity index is 3.07. The zero-order valence-electron chi connectivity index (χ0n) is 9.06.